The minimum absolute atomic E-state index is 0.310. The van der Waals surface area contributed by atoms with Crippen molar-refractivity contribution in [1.82, 2.24) is 0 Å². The Labute approximate surface area is 159 Å². The topological polar surface area (TPSA) is 73.9 Å². The molecule has 0 unspecified atom stereocenters. The first kappa shape index (κ1) is 19.3. The van der Waals surface area contributed by atoms with E-state index in [-0.39, 0.29) is 5.91 Å². The van der Waals surface area contributed by atoms with Crippen LogP contribution < -0.4 is 14.8 Å². The molecule has 0 radical (unpaired) electrons. The fourth-order valence-corrected chi connectivity index (χ4v) is 3.93. The maximum atomic E-state index is 13.2. The SMILES string of the molecule is CCOc1ccc(OCC)c(NC(=O)C2=C(C)C(=O)OC23CCCCC3)c1. The molecule has 2 aliphatic rings. The van der Waals surface area contributed by atoms with Crippen LogP contribution in [0.4, 0.5) is 5.69 Å². The first-order valence-electron chi connectivity index (χ1n) is 9.66. The summed E-state index contributed by atoms with van der Waals surface area (Å²) in [5.41, 5.74) is 0.593. The van der Waals surface area contributed by atoms with Gasteiger partial charge in [-0.1, -0.05) is 6.42 Å². The number of nitrogens with one attached hydrogen (secondary N) is 1. The number of benzene rings is 1. The molecule has 1 aromatic carbocycles. The molecule has 27 heavy (non-hydrogen) atoms. The van der Waals surface area contributed by atoms with Crippen LogP contribution in [0.5, 0.6) is 11.5 Å². The molecule has 3 rings (SSSR count). The molecule has 1 heterocycles. The van der Waals surface area contributed by atoms with Gasteiger partial charge in [0.1, 0.15) is 17.1 Å². The maximum absolute atomic E-state index is 13.2. The Morgan fingerprint density at radius 3 is 2.52 bits per heavy atom. The van der Waals surface area contributed by atoms with Crippen LogP contribution in [0.25, 0.3) is 0 Å². The summed E-state index contributed by atoms with van der Waals surface area (Å²) in [6, 6.07) is 5.32. The van der Waals surface area contributed by atoms with E-state index < -0.39 is 11.6 Å². The van der Waals surface area contributed by atoms with Gasteiger partial charge in [0.2, 0.25) is 0 Å². The summed E-state index contributed by atoms with van der Waals surface area (Å²) in [6.45, 7) is 6.45. The summed E-state index contributed by atoms with van der Waals surface area (Å²) >= 11 is 0. The van der Waals surface area contributed by atoms with Crippen molar-refractivity contribution >= 4 is 17.6 Å². The van der Waals surface area contributed by atoms with E-state index in [1.807, 2.05) is 13.8 Å². The largest absolute Gasteiger partial charge is 0.494 e. The standard InChI is InChI=1S/C21H27NO5/c1-4-25-15-9-10-17(26-5-2)16(13-15)22-19(23)18-14(3)20(24)27-21(18)11-7-6-8-12-21/h9-10,13H,4-8,11-12H2,1-3H3,(H,22,23). The van der Waals surface area contributed by atoms with E-state index in [9.17, 15) is 9.59 Å². The van der Waals surface area contributed by atoms with Crippen molar-refractivity contribution in [2.24, 2.45) is 0 Å². The van der Waals surface area contributed by atoms with Crippen LogP contribution in [-0.4, -0.2) is 30.7 Å². The second-order valence-corrected chi connectivity index (χ2v) is 6.92. The van der Waals surface area contributed by atoms with Crippen LogP contribution in [-0.2, 0) is 14.3 Å². The molecule has 1 saturated carbocycles. The van der Waals surface area contributed by atoms with E-state index in [1.54, 1.807) is 25.1 Å². The average molecular weight is 373 g/mol. The molecule has 1 amide bonds. The molecule has 1 aliphatic heterocycles. The lowest BCUT2D eigenvalue weighted by molar-refractivity contribution is -0.149. The van der Waals surface area contributed by atoms with Crippen molar-refractivity contribution in [3.8, 4) is 11.5 Å². The summed E-state index contributed by atoms with van der Waals surface area (Å²) in [5, 5.41) is 2.92. The van der Waals surface area contributed by atoms with Crippen LogP contribution in [0, 0.1) is 0 Å². The third-order valence-electron chi connectivity index (χ3n) is 5.12. The van der Waals surface area contributed by atoms with E-state index in [4.69, 9.17) is 14.2 Å². The molecular formula is C21H27NO5. The van der Waals surface area contributed by atoms with Gasteiger partial charge < -0.3 is 19.5 Å². The lowest BCUT2D eigenvalue weighted by Gasteiger charge is -2.34. The minimum Gasteiger partial charge on any atom is -0.494 e. The van der Waals surface area contributed by atoms with Gasteiger partial charge in [0.25, 0.3) is 5.91 Å². The van der Waals surface area contributed by atoms with Gasteiger partial charge in [0, 0.05) is 11.6 Å². The number of hydrogen-bond acceptors (Lipinski definition) is 5. The van der Waals surface area contributed by atoms with Gasteiger partial charge in [-0.05, 0) is 58.6 Å². The second kappa shape index (κ2) is 8.03. The highest BCUT2D eigenvalue weighted by atomic mass is 16.6. The minimum atomic E-state index is -0.785. The molecule has 0 aromatic heterocycles. The highest BCUT2D eigenvalue weighted by Gasteiger charge is 2.49. The number of ether oxygens (including phenoxy) is 3. The van der Waals surface area contributed by atoms with Gasteiger partial charge in [-0.25, -0.2) is 4.79 Å². The number of carbonyl (C=O) groups excluding carboxylic acids is 2. The molecule has 1 N–H and O–H groups in total. The number of carbonyl (C=O) groups is 2. The van der Waals surface area contributed by atoms with Crippen molar-refractivity contribution in [2.45, 2.75) is 58.5 Å². The fraction of sp³-hybridized carbons (Fsp3) is 0.524. The van der Waals surface area contributed by atoms with E-state index >= 15 is 0 Å². The molecule has 1 fully saturated rings. The Balaban J connectivity index is 1.91. The van der Waals surface area contributed by atoms with Gasteiger partial charge in [-0.3, -0.25) is 4.79 Å². The van der Waals surface area contributed by atoms with Crippen LogP contribution in [0.1, 0.15) is 52.9 Å². The van der Waals surface area contributed by atoms with Crippen molar-refractivity contribution < 1.29 is 23.8 Å². The average Bonchev–Trinajstić information content (AvgIpc) is 2.88. The smallest absolute Gasteiger partial charge is 0.335 e. The van der Waals surface area contributed by atoms with Crippen LogP contribution in [0.2, 0.25) is 0 Å². The normalized spacial score (nSPS) is 18.4. The zero-order valence-corrected chi connectivity index (χ0v) is 16.2. The van der Waals surface area contributed by atoms with E-state index in [0.717, 1.165) is 19.3 Å². The van der Waals surface area contributed by atoms with Crippen molar-refractivity contribution in [3.05, 3.63) is 29.3 Å². The number of amides is 1. The van der Waals surface area contributed by atoms with Crippen LogP contribution in [0.15, 0.2) is 29.3 Å². The highest BCUT2D eigenvalue weighted by Crippen LogP contribution is 2.44. The molecule has 1 aromatic rings. The molecule has 0 atom stereocenters. The number of anilines is 1. The summed E-state index contributed by atoms with van der Waals surface area (Å²) in [5.74, 6) is 0.508. The monoisotopic (exact) mass is 373 g/mol. The lowest BCUT2D eigenvalue weighted by atomic mass is 9.78. The molecule has 0 saturated heterocycles. The Kier molecular flexibility index (Phi) is 5.73. The zero-order chi connectivity index (χ0) is 19.4. The van der Waals surface area contributed by atoms with Crippen molar-refractivity contribution in [3.63, 3.8) is 0 Å². The Bertz CT molecular complexity index is 762. The van der Waals surface area contributed by atoms with Gasteiger partial charge in [0.05, 0.1) is 24.5 Å². The summed E-state index contributed by atoms with van der Waals surface area (Å²) < 4.78 is 16.9. The first-order chi connectivity index (χ1) is 13.0. The molecule has 146 valence electrons. The number of hydrogen-bond donors (Lipinski definition) is 1. The summed E-state index contributed by atoms with van der Waals surface area (Å²) in [7, 11) is 0. The molecule has 1 spiro atoms. The Morgan fingerprint density at radius 1 is 1.15 bits per heavy atom. The third-order valence-corrected chi connectivity index (χ3v) is 5.12. The molecule has 1 aliphatic carbocycles. The van der Waals surface area contributed by atoms with E-state index in [1.165, 1.54) is 0 Å². The van der Waals surface area contributed by atoms with Gasteiger partial charge in [0.15, 0.2) is 0 Å². The van der Waals surface area contributed by atoms with Crippen molar-refractivity contribution in [2.75, 3.05) is 18.5 Å². The fourth-order valence-electron chi connectivity index (χ4n) is 3.93. The number of esters is 1. The van der Waals surface area contributed by atoms with Gasteiger partial charge >= 0.3 is 5.97 Å². The predicted octanol–water partition coefficient (Wildman–Crippen LogP) is 4.00. The molecule has 6 heteroatoms. The second-order valence-electron chi connectivity index (χ2n) is 6.92. The zero-order valence-electron chi connectivity index (χ0n) is 16.2. The van der Waals surface area contributed by atoms with E-state index in [2.05, 4.69) is 5.32 Å². The van der Waals surface area contributed by atoms with Crippen molar-refractivity contribution in [1.29, 1.82) is 0 Å². The highest BCUT2D eigenvalue weighted by molar-refractivity contribution is 6.13. The molecule has 0 bridgehead atoms. The van der Waals surface area contributed by atoms with Gasteiger partial charge in [-0.15, -0.1) is 0 Å². The number of rotatable bonds is 6. The van der Waals surface area contributed by atoms with Crippen LogP contribution in [0.3, 0.4) is 0 Å². The third kappa shape index (κ3) is 3.80. The first-order valence-corrected chi connectivity index (χ1v) is 9.66. The maximum Gasteiger partial charge on any atom is 0.335 e. The quantitative estimate of drug-likeness (QED) is 0.763. The molecule has 6 nitrogen and oxygen atoms in total. The Morgan fingerprint density at radius 2 is 1.85 bits per heavy atom. The lowest BCUT2D eigenvalue weighted by Crippen LogP contribution is -2.39. The Hall–Kier alpha value is -2.50. The molecular weight excluding hydrogens is 346 g/mol. The summed E-state index contributed by atoms with van der Waals surface area (Å²) in [4.78, 5) is 25.4. The predicted molar refractivity (Wildman–Crippen MR) is 102 cm³/mol. The van der Waals surface area contributed by atoms with E-state index in [0.29, 0.717) is 54.4 Å². The van der Waals surface area contributed by atoms with Gasteiger partial charge in [-0.2, -0.15) is 0 Å². The summed E-state index contributed by atoms with van der Waals surface area (Å²) in [6.07, 6.45) is 4.37. The van der Waals surface area contributed by atoms with Crippen LogP contribution >= 0.6 is 0 Å².